The molecule has 0 saturated heterocycles. The van der Waals surface area contributed by atoms with Gasteiger partial charge in [0.25, 0.3) is 0 Å². The second kappa shape index (κ2) is 5.21. The lowest BCUT2D eigenvalue weighted by Crippen LogP contribution is -1.98. The number of benzene rings is 1. The number of nitriles is 1. The van der Waals surface area contributed by atoms with Gasteiger partial charge in [0.05, 0.1) is 24.4 Å². The summed E-state index contributed by atoms with van der Waals surface area (Å²) in [5.41, 5.74) is 3.10. The van der Waals surface area contributed by atoms with Crippen molar-refractivity contribution in [3.8, 4) is 23.1 Å². The number of rotatable bonds is 2. The van der Waals surface area contributed by atoms with Crippen LogP contribution in [0.3, 0.4) is 0 Å². The van der Waals surface area contributed by atoms with Crippen LogP contribution in [0.2, 0.25) is 0 Å². The molecule has 1 N–H and O–H groups in total. The van der Waals surface area contributed by atoms with E-state index in [9.17, 15) is 0 Å². The van der Waals surface area contributed by atoms with Crippen LogP contribution in [-0.4, -0.2) is 17.1 Å². The maximum atomic E-state index is 9.02. The molecule has 4 nitrogen and oxygen atoms in total. The molecule has 0 bridgehead atoms. The third-order valence-electron chi connectivity index (χ3n) is 2.87. The highest BCUT2D eigenvalue weighted by molar-refractivity contribution is 7.71. The maximum absolute atomic E-state index is 9.02. The lowest BCUT2D eigenvalue weighted by atomic mass is 10.0. The molecule has 0 aliphatic carbocycles. The molecular weight excluding hydrogens is 258 g/mol. The zero-order chi connectivity index (χ0) is 14.0. The number of hydrogen-bond donors (Lipinski definition) is 1. The molecule has 0 unspecified atom stereocenters. The molecule has 2 rings (SSSR count). The molecule has 0 radical (unpaired) electrons. The predicted molar refractivity (Wildman–Crippen MR) is 75.6 cm³/mol. The molecule has 1 heterocycles. The fourth-order valence-corrected chi connectivity index (χ4v) is 2.13. The van der Waals surface area contributed by atoms with Gasteiger partial charge in [0.2, 0.25) is 0 Å². The van der Waals surface area contributed by atoms with Crippen molar-refractivity contribution in [2.45, 2.75) is 13.8 Å². The smallest absolute Gasteiger partial charge is 0.133 e. The fraction of sp³-hybridized carbons (Fsp3) is 0.214. The van der Waals surface area contributed by atoms with Crippen molar-refractivity contribution in [3.63, 3.8) is 0 Å². The molecular formula is C14H13N3OS. The minimum atomic E-state index is 0.552. The second-order valence-electron chi connectivity index (χ2n) is 4.15. The molecule has 0 aliphatic heterocycles. The molecule has 0 amide bonds. The van der Waals surface area contributed by atoms with Crippen LogP contribution in [0.15, 0.2) is 18.2 Å². The van der Waals surface area contributed by atoms with E-state index >= 15 is 0 Å². The van der Waals surface area contributed by atoms with Crippen molar-refractivity contribution in [1.29, 1.82) is 5.26 Å². The molecule has 5 heteroatoms. The highest BCUT2D eigenvalue weighted by Gasteiger charge is 2.12. The quantitative estimate of drug-likeness (QED) is 0.851. The van der Waals surface area contributed by atoms with Crippen molar-refractivity contribution in [2.75, 3.05) is 7.11 Å². The fourth-order valence-electron chi connectivity index (χ4n) is 1.89. The van der Waals surface area contributed by atoms with E-state index in [0.717, 1.165) is 22.6 Å². The SMILES string of the molecule is COc1ccc(C#N)cc1-c1[nH]c(C)nc(=S)c1C. The highest BCUT2D eigenvalue weighted by atomic mass is 32.1. The zero-order valence-electron chi connectivity index (χ0n) is 10.9. The van der Waals surface area contributed by atoms with Gasteiger partial charge in [0, 0.05) is 11.1 Å². The highest BCUT2D eigenvalue weighted by Crippen LogP contribution is 2.31. The summed E-state index contributed by atoms with van der Waals surface area (Å²) in [5, 5.41) is 9.02. The average molecular weight is 271 g/mol. The number of ether oxygens (including phenoxy) is 1. The summed E-state index contributed by atoms with van der Waals surface area (Å²) < 4.78 is 5.90. The first-order valence-corrected chi connectivity index (χ1v) is 6.13. The standard InChI is InChI=1S/C14H13N3OS/c1-8-13(16-9(2)17-14(8)19)11-6-10(7-15)4-5-12(11)18-3/h4-6H,1-3H3,(H,16,17,19). The molecule has 1 aromatic heterocycles. The van der Waals surface area contributed by atoms with E-state index in [1.165, 1.54) is 0 Å². The lowest BCUT2D eigenvalue weighted by Gasteiger charge is -2.12. The summed E-state index contributed by atoms with van der Waals surface area (Å²) in [5.74, 6) is 1.42. The van der Waals surface area contributed by atoms with Crippen molar-refractivity contribution < 1.29 is 4.74 Å². The van der Waals surface area contributed by atoms with E-state index in [2.05, 4.69) is 16.0 Å². The topological polar surface area (TPSA) is 61.7 Å². The molecule has 0 fully saturated rings. The van der Waals surface area contributed by atoms with Crippen molar-refractivity contribution in [1.82, 2.24) is 9.97 Å². The van der Waals surface area contributed by atoms with E-state index in [1.807, 2.05) is 13.8 Å². The Morgan fingerprint density at radius 2 is 2.11 bits per heavy atom. The average Bonchev–Trinajstić information content (AvgIpc) is 2.42. The van der Waals surface area contributed by atoms with Crippen molar-refractivity contribution in [3.05, 3.63) is 39.8 Å². The Morgan fingerprint density at radius 1 is 1.37 bits per heavy atom. The third-order valence-corrected chi connectivity index (χ3v) is 3.27. The Balaban J connectivity index is 2.78. The Hall–Kier alpha value is -2.19. The van der Waals surface area contributed by atoms with Crippen LogP contribution in [0, 0.1) is 29.8 Å². The molecule has 0 atom stereocenters. The number of aromatic amines is 1. The molecule has 2 aromatic rings. The van der Waals surface area contributed by atoms with Gasteiger partial charge in [-0.1, -0.05) is 12.2 Å². The van der Waals surface area contributed by atoms with Crippen LogP contribution in [0.1, 0.15) is 17.0 Å². The first kappa shape index (κ1) is 13.2. The molecule has 0 aliphatic rings. The van der Waals surface area contributed by atoms with Gasteiger partial charge in [0.15, 0.2) is 0 Å². The van der Waals surface area contributed by atoms with E-state index in [1.54, 1.807) is 25.3 Å². The number of hydrogen-bond acceptors (Lipinski definition) is 4. The van der Waals surface area contributed by atoms with Gasteiger partial charge in [-0.15, -0.1) is 0 Å². The summed E-state index contributed by atoms with van der Waals surface area (Å²) >= 11 is 5.23. The minimum Gasteiger partial charge on any atom is -0.496 e. The van der Waals surface area contributed by atoms with E-state index in [4.69, 9.17) is 22.2 Å². The first-order valence-electron chi connectivity index (χ1n) is 5.73. The Bertz CT molecular complexity index is 728. The van der Waals surface area contributed by atoms with Crippen molar-refractivity contribution in [2.24, 2.45) is 0 Å². The lowest BCUT2D eigenvalue weighted by molar-refractivity contribution is 0.416. The Morgan fingerprint density at radius 3 is 2.74 bits per heavy atom. The van der Waals surface area contributed by atoms with Gasteiger partial charge >= 0.3 is 0 Å². The number of aryl methyl sites for hydroxylation is 1. The van der Waals surface area contributed by atoms with Gasteiger partial charge in [-0.25, -0.2) is 4.98 Å². The van der Waals surface area contributed by atoms with Gasteiger partial charge < -0.3 is 9.72 Å². The van der Waals surface area contributed by atoms with Crippen LogP contribution < -0.4 is 4.74 Å². The maximum Gasteiger partial charge on any atom is 0.133 e. The first-order chi connectivity index (χ1) is 9.06. The summed E-state index contributed by atoms with van der Waals surface area (Å²) in [7, 11) is 1.60. The summed E-state index contributed by atoms with van der Waals surface area (Å²) in [6, 6.07) is 7.41. The van der Waals surface area contributed by atoms with Gasteiger partial charge in [-0.05, 0) is 32.0 Å². The molecule has 19 heavy (non-hydrogen) atoms. The van der Waals surface area contributed by atoms with Crippen LogP contribution >= 0.6 is 12.2 Å². The molecule has 0 saturated carbocycles. The van der Waals surface area contributed by atoms with Gasteiger partial charge in [-0.3, -0.25) is 0 Å². The van der Waals surface area contributed by atoms with E-state index < -0.39 is 0 Å². The second-order valence-corrected chi connectivity index (χ2v) is 4.54. The minimum absolute atomic E-state index is 0.552. The third kappa shape index (κ3) is 2.49. The summed E-state index contributed by atoms with van der Waals surface area (Å²) in [4.78, 5) is 7.40. The van der Waals surface area contributed by atoms with Crippen LogP contribution in [0.25, 0.3) is 11.3 Å². The number of H-pyrrole nitrogens is 1. The zero-order valence-corrected chi connectivity index (χ0v) is 11.8. The molecule has 96 valence electrons. The molecule has 1 aromatic carbocycles. The van der Waals surface area contributed by atoms with Crippen LogP contribution in [-0.2, 0) is 0 Å². The Kier molecular flexibility index (Phi) is 3.63. The normalized spacial score (nSPS) is 10.0. The number of nitrogens with zero attached hydrogens (tertiary/aromatic N) is 2. The number of methoxy groups -OCH3 is 1. The predicted octanol–water partition coefficient (Wildman–Crippen LogP) is 3.30. The summed E-state index contributed by atoms with van der Waals surface area (Å²) in [6.45, 7) is 3.75. The summed E-state index contributed by atoms with van der Waals surface area (Å²) in [6.07, 6.45) is 0. The van der Waals surface area contributed by atoms with Crippen LogP contribution in [0.5, 0.6) is 5.75 Å². The number of aromatic nitrogens is 2. The largest absolute Gasteiger partial charge is 0.496 e. The van der Waals surface area contributed by atoms with E-state index in [0.29, 0.717) is 16.0 Å². The number of nitrogens with one attached hydrogen (secondary N) is 1. The Labute approximate surface area is 116 Å². The van der Waals surface area contributed by atoms with Gasteiger partial charge in [-0.2, -0.15) is 5.26 Å². The monoisotopic (exact) mass is 271 g/mol. The van der Waals surface area contributed by atoms with Crippen LogP contribution in [0.4, 0.5) is 0 Å². The van der Waals surface area contributed by atoms with Gasteiger partial charge in [0.1, 0.15) is 16.2 Å². The van der Waals surface area contributed by atoms with E-state index in [-0.39, 0.29) is 0 Å². The van der Waals surface area contributed by atoms with Crippen molar-refractivity contribution >= 4 is 12.2 Å². The molecule has 0 spiro atoms.